The molecule has 23 heavy (non-hydrogen) atoms. The number of nitrogens with zero attached hydrogens (tertiary/aromatic N) is 1. The Morgan fingerprint density at radius 2 is 1.70 bits per heavy atom. The summed E-state index contributed by atoms with van der Waals surface area (Å²) in [4.78, 5) is 3.75. The van der Waals surface area contributed by atoms with Gasteiger partial charge in [0.05, 0.1) is 37.8 Å². The van der Waals surface area contributed by atoms with Crippen LogP contribution in [0.15, 0.2) is 24.3 Å². The van der Waals surface area contributed by atoms with Crippen molar-refractivity contribution in [2.24, 2.45) is 5.92 Å². The first-order valence-corrected chi connectivity index (χ1v) is 8.70. The Balaban J connectivity index is 1.59. The smallest absolute Gasteiger partial charge is 0.360 e. The topological polar surface area (TPSA) is 7.68 Å². The van der Waals surface area contributed by atoms with E-state index in [-0.39, 0.29) is 0 Å². The van der Waals surface area contributed by atoms with E-state index in [1.807, 2.05) is 0 Å². The molecule has 1 heterocycles. The zero-order valence-corrected chi connectivity index (χ0v) is 13.7. The van der Waals surface area contributed by atoms with Crippen LogP contribution in [0.1, 0.15) is 38.2 Å². The Kier molecular flexibility index (Phi) is 4.85. The highest BCUT2D eigenvalue weighted by atomic mass is 19.4. The number of halogens is 3. The van der Waals surface area contributed by atoms with Gasteiger partial charge in [0.15, 0.2) is 0 Å². The van der Waals surface area contributed by atoms with Gasteiger partial charge >= 0.3 is 6.18 Å². The normalized spacial score (nSPS) is 27.2. The first kappa shape index (κ1) is 16.6. The van der Waals surface area contributed by atoms with Gasteiger partial charge in [-0.15, -0.1) is 0 Å². The van der Waals surface area contributed by atoms with Crippen LogP contribution in [-0.2, 0) is 6.18 Å². The molecule has 1 aliphatic carbocycles. The van der Waals surface area contributed by atoms with Crippen molar-refractivity contribution >= 4 is 5.69 Å². The molecule has 128 valence electrons. The van der Waals surface area contributed by atoms with Gasteiger partial charge in [-0.2, -0.15) is 13.2 Å². The van der Waals surface area contributed by atoms with Crippen LogP contribution in [0.2, 0.25) is 0 Å². The number of hydrogen-bond donors (Lipinski definition) is 1. The molecule has 2 nitrogen and oxygen atoms in total. The maximum atomic E-state index is 12.8. The van der Waals surface area contributed by atoms with Crippen molar-refractivity contribution in [3.05, 3.63) is 29.8 Å². The fourth-order valence-electron chi connectivity index (χ4n) is 4.01. The van der Waals surface area contributed by atoms with Gasteiger partial charge in [0.2, 0.25) is 0 Å². The Labute approximate surface area is 136 Å². The molecule has 0 bridgehead atoms. The maximum Gasteiger partial charge on any atom is 0.416 e. The summed E-state index contributed by atoms with van der Waals surface area (Å²) in [7, 11) is 0. The van der Waals surface area contributed by atoms with Crippen molar-refractivity contribution < 1.29 is 18.1 Å². The average Bonchev–Trinajstić information content (AvgIpc) is 2.55. The van der Waals surface area contributed by atoms with Crippen molar-refractivity contribution in [3.63, 3.8) is 0 Å². The molecule has 0 spiro atoms. The number of benzene rings is 1. The molecule has 1 aliphatic heterocycles. The number of alkyl halides is 3. The predicted molar refractivity (Wildman–Crippen MR) is 85.8 cm³/mol. The van der Waals surface area contributed by atoms with E-state index in [4.69, 9.17) is 0 Å². The highest BCUT2D eigenvalue weighted by molar-refractivity contribution is 5.49. The fourth-order valence-corrected chi connectivity index (χ4v) is 4.01. The molecule has 1 saturated carbocycles. The molecule has 3 rings (SSSR count). The van der Waals surface area contributed by atoms with Crippen LogP contribution in [0.3, 0.4) is 0 Å². The summed E-state index contributed by atoms with van der Waals surface area (Å²) in [5, 5.41) is 0. The highest BCUT2D eigenvalue weighted by Crippen LogP contribution is 2.31. The summed E-state index contributed by atoms with van der Waals surface area (Å²) in [5.74, 6) is 0.858. The van der Waals surface area contributed by atoms with Gasteiger partial charge in [-0.1, -0.05) is 13.0 Å². The second-order valence-corrected chi connectivity index (χ2v) is 7.15. The van der Waals surface area contributed by atoms with E-state index in [1.54, 1.807) is 11.0 Å². The van der Waals surface area contributed by atoms with Gasteiger partial charge in [0, 0.05) is 5.69 Å². The zero-order valence-electron chi connectivity index (χ0n) is 13.7. The molecule has 1 aromatic rings. The Hall–Kier alpha value is -1.23. The number of quaternary nitrogens is 1. The third-order valence-electron chi connectivity index (χ3n) is 5.54. The molecule has 0 radical (unpaired) electrons. The highest BCUT2D eigenvalue weighted by Gasteiger charge is 2.33. The van der Waals surface area contributed by atoms with Gasteiger partial charge in [-0.05, 0) is 49.8 Å². The second-order valence-electron chi connectivity index (χ2n) is 7.15. The largest absolute Gasteiger partial charge is 0.416 e. The monoisotopic (exact) mass is 327 g/mol. The fraction of sp³-hybridized carbons (Fsp3) is 0.667. The van der Waals surface area contributed by atoms with Crippen LogP contribution in [0, 0.1) is 5.92 Å². The first-order valence-electron chi connectivity index (χ1n) is 8.70. The molecular formula is C18H26F3N2+. The first-order chi connectivity index (χ1) is 10.9. The summed E-state index contributed by atoms with van der Waals surface area (Å²) in [5.41, 5.74) is 0.155. The molecule has 1 aromatic carbocycles. The molecule has 0 unspecified atom stereocenters. The van der Waals surface area contributed by atoms with E-state index in [0.29, 0.717) is 5.69 Å². The van der Waals surface area contributed by atoms with E-state index in [2.05, 4.69) is 11.8 Å². The number of nitrogens with one attached hydrogen (secondary N) is 1. The molecule has 1 N–H and O–H groups in total. The van der Waals surface area contributed by atoms with Gasteiger partial charge in [-0.25, -0.2) is 0 Å². The van der Waals surface area contributed by atoms with E-state index in [9.17, 15) is 13.2 Å². The van der Waals surface area contributed by atoms with Gasteiger partial charge < -0.3 is 9.80 Å². The summed E-state index contributed by atoms with van der Waals surface area (Å²) in [6.45, 7) is 6.10. The number of rotatable bonds is 2. The van der Waals surface area contributed by atoms with Crippen LogP contribution in [0.25, 0.3) is 0 Å². The Bertz CT molecular complexity index is 513. The Morgan fingerprint density at radius 1 is 1.04 bits per heavy atom. The molecule has 0 amide bonds. The van der Waals surface area contributed by atoms with Crippen molar-refractivity contribution in [1.29, 1.82) is 0 Å². The molecule has 5 heteroatoms. The lowest BCUT2D eigenvalue weighted by molar-refractivity contribution is -0.927. The minimum Gasteiger partial charge on any atom is -0.360 e. The SMILES string of the molecule is CC1CCC([NH+]2CCN(c3cccc(C(F)(F)F)c3)CC2)CC1. The molecule has 2 fully saturated rings. The van der Waals surface area contributed by atoms with Gasteiger partial charge in [-0.3, -0.25) is 0 Å². The third kappa shape index (κ3) is 4.00. The maximum absolute atomic E-state index is 12.8. The predicted octanol–water partition coefficient (Wildman–Crippen LogP) is 2.99. The number of hydrogen-bond acceptors (Lipinski definition) is 1. The number of anilines is 1. The average molecular weight is 327 g/mol. The molecule has 0 atom stereocenters. The Morgan fingerprint density at radius 3 is 2.30 bits per heavy atom. The summed E-state index contributed by atoms with van der Waals surface area (Å²) < 4.78 is 38.5. The lowest BCUT2D eigenvalue weighted by atomic mass is 9.86. The van der Waals surface area contributed by atoms with Crippen LogP contribution in [0.5, 0.6) is 0 Å². The summed E-state index contributed by atoms with van der Waals surface area (Å²) >= 11 is 0. The second kappa shape index (κ2) is 6.71. The summed E-state index contributed by atoms with van der Waals surface area (Å²) in [6.07, 6.45) is 0.999. The van der Waals surface area contributed by atoms with Crippen molar-refractivity contribution in [2.45, 2.75) is 44.8 Å². The van der Waals surface area contributed by atoms with Crippen LogP contribution in [-0.4, -0.2) is 32.2 Å². The number of piperazine rings is 1. The molecule has 0 aromatic heterocycles. The van der Waals surface area contributed by atoms with E-state index < -0.39 is 11.7 Å². The standard InChI is InChI=1S/C18H25F3N2/c1-14-5-7-16(8-6-14)22-9-11-23(12-10-22)17-4-2-3-15(13-17)18(19,20)21/h2-4,13-14,16H,5-12H2,1H3/p+1. The van der Waals surface area contributed by atoms with Crippen LogP contribution < -0.4 is 9.80 Å². The lowest BCUT2D eigenvalue weighted by Gasteiger charge is -2.39. The van der Waals surface area contributed by atoms with Crippen molar-refractivity contribution in [1.82, 2.24) is 0 Å². The molecule has 1 saturated heterocycles. The van der Waals surface area contributed by atoms with E-state index in [0.717, 1.165) is 44.2 Å². The molecular weight excluding hydrogens is 301 g/mol. The lowest BCUT2D eigenvalue weighted by Crippen LogP contribution is -3.18. The quantitative estimate of drug-likeness (QED) is 0.877. The van der Waals surface area contributed by atoms with Crippen LogP contribution >= 0.6 is 0 Å². The van der Waals surface area contributed by atoms with Gasteiger partial charge in [0.25, 0.3) is 0 Å². The minimum atomic E-state index is -4.26. The minimum absolute atomic E-state index is 0.550. The summed E-state index contributed by atoms with van der Waals surface area (Å²) in [6, 6.07) is 6.50. The van der Waals surface area contributed by atoms with Gasteiger partial charge in [0.1, 0.15) is 0 Å². The van der Waals surface area contributed by atoms with E-state index >= 15 is 0 Å². The van der Waals surface area contributed by atoms with Crippen molar-refractivity contribution in [2.75, 3.05) is 31.1 Å². The van der Waals surface area contributed by atoms with Crippen LogP contribution in [0.4, 0.5) is 18.9 Å². The van der Waals surface area contributed by atoms with E-state index in [1.165, 1.54) is 37.8 Å². The molecule has 2 aliphatic rings. The van der Waals surface area contributed by atoms with Crippen molar-refractivity contribution in [3.8, 4) is 0 Å². The zero-order chi connectivity index (χ0) is 16.4. The third-order valence-corrected chi connectivity index (χ3v) is 5.54.